The Labute approximate surface area is 148 Å². The molecule has 0 spiro atoms. The van der Waals surface area contributed by atoms with Crippen LogP contribution in [-0.4, -0.2) is 31.7 Å². The fraction of sp³-hybridized carbons (Fsp3) is 0.316. The molecule has 1 heterocycles. The molecule has 0 unspecified atom stereocenters. The van der Waals surface area contributed by atoms with Crippen molar-refractivity contribution in [1.82, 2.24) is 9.62 Å². The second kappa shape index (κ2) is 7.80. The lowest BCUT2D eigenvalue weighted by atomic mass is 9.97. The average molecular weight is 358 g/mol. The van der Waals surface area contributed by atoms with Gasteiger partial charge >= 0.3 is 0 Å². The van der Waals surface area contributed by atoms with Crippen molar-refractivity contribution in [2.45, 2.75) is 24.3 Å². The summed E-state index contributed by atoms with van der Waals surface area (Å²) in [5, 5.41) is 2.95. The number of hydrogen-bond donors (Lipinski definition) is 1. The second-order valence-corrected chi connectivity index (χ2v) is 8.13. The predicted molar refractivity (Wildman–Crippen MR) is 96.2 cm³/mol. The van der Waals surface area contributed by atoms with Gasteiger partial charge in [0.05, 0.1) is 4.90 Å². The van der Waals surface area contributed by atoms with Gasteiger partial charge in [-0.05, 0) is 30.5 Å². The van der Waals surface area contributed by atoms with Crippen LogP contribution in [0.5, 0.6) is 0 Å². The number of nitrogens with one attached hydrogen (secondary N) is 1. The zero-order chi connectivity index (χ0) is 17.7. The Morgan fingerprint density at radius 3 is 2.12 bits per heavy atom. The minimum atomic E-state index is -3.46. The summed E-state index contributed by atoms with van der Waals surface area (Å²) >= 11 is 0. The summed E-state index contributed by atoms with van der Waals surface area (Å²) in [5.74, 6) is -0.133. The first-order valence-corrected chi connectivity index (χ1v) is 9.88. The summed E-state index contributed by atoms with van der Waals surface area (Å²) in [7, 11) is -3.46. The van der Waals surface area contributed by atoms with Crippen LogP contribution < -0.4 is 5.32 Å². The molecule has 25 heavy (non-hydrogen) atoms. The molecule has 2 aromatic rings. The molecule has 3 rings (SSSR count). The lowest BCUT2D eigenvalue weighted by molar-refractivity contribution is -0.126. The monoisotopic (exact) mass is 358 g/mol. The number of carbonyl (C=O) groups is 1. The SMILES string of the molecule is O=C(NCc1ccccc1)C1CCN(S(=O)(=O)c2ccccc2)CC1. The smallest absolute Gasteiger partial charge is 0.243 e. The molecule has 0 aliphatic carbocycles. The third kappa shape index (κ3) is 4.27. The maximum Gasteiger partial charge on any atom is 0.243 e. The number of amides is 1. The summed E-state index contributed by atoms with van der Waals surface area (Å²) in [5.41, 5.74) is 1.06. The summed E-state index contributed by atoms with van der Waals surface area (Å²) in [6, 6.07) is 18.2. The summed E-state index contributed by atoms with van der Waals surface area (Å²) < 4.78 is 26.7. The van der Waals surface area contributed by atoms with Gasteiger partial charge in [0, 0.05) is 25.6 Å². The van der Waals surface area contributed by atoms with E-state index < -0.39 is 10.0 Å². The molecular formula is C19H22N2O3S. The minimum Gasteiger partial charge on any atom is -0.352 e. The fourth-order valence-corrected chi connectivity index (χ4v) is 4.52. The van der Waals surface area contributed by atoms with E-state index in [4.69, 9.17) is 0 Å². The van der Waals surface area contributed by atoms with Crippen LogP contribution in [0.25, 0.3) is 0 Å². The molecule has 0 aromatic heterocycles. The summed E-state index contributed by atoms with van der Waals surface area (Å²) in [6.07, 6.45) is 1.10. The first-order chi connectivity index (χ1) is 12.1. The number of benzene rings is 2. The van der Waals surface area contributed by atoms with E-state index in [0.29, 0.717) is 37.4 Å². The molecular weight excluding hydrogens is 336 g/mol. The van der Waals surface area contributed by atoms with Crippen molar-refractivity contribution >= 4 is 15.9 Å². The van der Waals surface area contributed by atoms with Gasteiger partial charge in [-0.25, -0.2) is 8.42 Å². The topological polar surface area (TPSA) is 66.5 Å². The average Bonchev–Trinajstić information content (AvgIpc) is 2.68. The van der Waals surface area contributed by atoms with Crippen LogP contribution in [-0.2, 0) is 21.4 Å². The standard InChI is InChI=1S/C19H22N2O3S/c22-19(20-15-16-7-3-1-4-8-16)17-11-13-21(14-12-17)25(23,24)18-9-5-2-6-10-18/h1-10,17H,11-15H2,(H,20,22). The number of hydrogen-bond acceptors (Lipinski definition) is 3. The van der Waals surface area contributed by atoms with E-state index in [2.05, 4.69) is 5.32 Å². The van der Waals surface area contributed by atoms with Crippen molar-refractivity contribution in [3.8, 4) is 0 Å². The van der Waals surface area contributed by atoms with Crippen molar-refractivity contribution < 1.29 is 13.2 Å². The highest BCUT2D eigenvalue weighted by Gasteiger charge is 2.31. The molecule has 1 N–H and O–H groups in total. The first-order valence-electron chi connectivity index (χ1n) is 8.44. The van der Waals surface area contributed by atoms with Crippen LogP contribution in [0, 0.1) is 5.92 Å². The highest BCUT2D eigenvalue weighted by Crippen LogP contribution is 2.23. The van der Waals surface area contributed by atoms with E-state index in [1.807, 2.05) is 30.3 Å². The molecule has 1 amide bonds. The molecule has 0 atom stereocenters. The molecule has 1 aliphatic rings. The van der Waals surface area contributed by atoms with Crippen molar-refractivity contribution in [3.05, 3.63) is 66.2 Å². The van der Waals surface area contributed by atoms with Gasteiger partial charge < -0.3 is 5.32 Å². The fourth-order valence-electron chi connectivity index (χ4n) is 3.03. The van der Waals surface area contributed by atoms with Gasteiger partial charge in [0.2, 0.25) is 15.9 Å². The van der Waals surface area contributed by atoms with E-state index in [9.17, 15) is 13.2 Å². The summed E-state index contributed by atoms with van der Waals surface area (Å²) in [6.45, 7) is 1.25. The van der Waals surface area contributed by atoms with E-state index in [-0.39, 0.29) is 11.8 Å². The van der Waals surface area contributed by atoms with Crippen molar-refractivity contribution in [1.29, 1.82) is 0 Å². The van der Waals surface area contributed by atoms with Crippen LogP contribution in [0.4, 0.5) is 0 Å². The molecule has 1 fully saturated rings. The largest absolute Gasteiger partial charge is 0.352 e. The van der Waals surface area contributed by atoms with Crippen molar-refractivity contribution in [2.24, 2.45) is 5.92 Å². The zero-order valence-corrected chi connectivity index (χ0v) is 14.8. The van der Waals surface area contributed by atoms with Crippen LogP contribution in [0.2, 0.25) is 0 Å². The molecule has 132 valence electrons. The van der Waals surface area contributed by atoms with E-state index >= 15 is 0 Å². The van der Waals surface area contributed by atoms with Gasteiger partial charge in [-0.15, -0.1) is 0 Å². The molecule has 2 aromatic carbocycles. The lowest BCUT2D eigenvalue weighted by Gasteiger charge is -2.30. The molecule has 5 nitrogen and oxygen atoms in total. The van der Waals surface area contributed by atoms with Crippen molar-refractivity contribution in [3.63, 3.8) is 0 Å². The molecule has 1 aliphatic heterocycles. The Morgan fingerprint density at radius 2 is 1.52 bits per heavy atom. The number of sulfonamides is 1. The Hall–Kier alpha value is -2.18. The second-order valence-electron chi connectivity index (χ2n) is 6.19. The summed E-state index contributed by atoms with van der Waals surface area (Å²) in [4.78, 5) is 12.6. The minimum absolute atomic E-state index is 0.000567. The third-order valence-corrected chi connectivity index (χ3v) is 6.43. The highest BCUT2D eigenvalue weighted by molar-refractivity contribution is 7.89. The molecule has 6 heteroatoms. The van der Waals surface area contributed by atoms with Crippen LogP contribution >= 0.6 is 0 Å². The normalized spacial score (nSPS) is 16.5. The predicted octanol–water partition coefficient (Wildman–Crippen LogP) is 2.40. The highest BCUT2D eigenvalue weighted by atomic mass is 32.2. The number of nitrogens with zero attached hydrogens (tertiary/aromatic N) is 1. The Bertz CT molecular complexity index is 799. The van der Waals surface area contributed by atoms with Gasteiger partial charge in [-0.1, -0.05) is 48.5 Å². The van der Waals surface area contributed by atoms with Gasteiger partial charge in [-0.2, -0.15) is 4.31 Å². The number of rotatable bonds is 5. The maximum absolute atomic E-state index is 12.6. The third-order valence-electron chi connectivity index (χ3n) is 4.52. The number of carbonyl (C=O) groups excluding carboxylic acids is 1. The van der Waals surface area contributed by atoms with Crippen molar-refractivity contribution in [2.75, 3.05) is 13.1 Å². The number of piperidine rings is 1. The Balaban J connectivity index is 1.54. The Morgan fingerprint density at radius 1 is 0.960 bits per heavy atom. The van der Waals surface area contributed by atoms with E-state index in [1.54, 1.807) is 30.3 Å². The molecule has 0 bridgehead atoms. The van der Waals surface area contributed by atoms with Gasteiger partial charge in [-0.3, -0.25) is 4.79 Å². The molecule has 0 saturated carbocycles. The van der Waals surface area contributed by atoms with E-state index in [1.165, 1.54) is 4.31 Å². The van der Waals surface area contributed by atoms with Gasteiger partial charge in [0.1, 0.15) is 0 Å². The van der Waals surface area contributed by atoms with E-state index in [0.717, 1.165) is 5.56 Å². The van der Waals surface area contributed by atoms with Gasteiger partial charge in [0.15, 0.2) is 0 Å². The van der Waals surface area contributed by atoms with Crippen LogP contribution in [0.3, 0.4) is 0 Å². The quantitative estimate of drug-likeness (QED) is 0.892. The molecule has 0 radical (unpaired) electrons. The van der Waals surface area contributed by atoms with Crippen LogP contribution in [0.1, 0.15) is 18.4 Å². The Kier molecular flexibility index (Phi) is 5.50. The molecule has 1 saturated heterocycles. The van der Waals surface area contributed by atoms with Gasteiger partial charge in [0.25, 0.3) is 0 Å². The van der Waals surface area contributed by atoms with Crippen LogP contribution in [0.15, 0.2) is 65.6 Å². The first kappa shape index (κ1) is 17.6. The maximum atomic E-state index is 12.6. The lowest BCUT2D eigenvalue weighted by Crippen LogP contribution is -2.42. The zero-order valence-electron chi connectivity index (χ0n) is 14.0.